The first-order valence-corrected chi connectivity index (χ1v) is 7.22. The molecule has 0 N–H and O–H groups in total. The first-order valence-electron chi connectivity index (χ1n) is 6.41. The van der Waals surface area contributed by atoms with Gasteiger partial charge in [0.25, 0.3) is 0 Å². The molecule has 1 aliphatic rings. The van der Waals surface area contributed by atoms with Crippen molar-refractivity contribution < 1.29 is 4.79 Å². The van der Waals surface area contributed by atoms with Crippen molar-refractivity contribution in [3.63, 3.8) is 0 Å². The number of carbonyl (C=O) groups excluding carboxylic acids is 1. The van der Waals surface area contributed by atoms with Crippen LogP contribution in [-0.2, 0) is 17.6 Å². The van der Waals surface area contributed by atoms with Crippen LogP contribution >= 0.6 is 11.3 Å². The summed E-state index contributed by atoms with van der Waals surface area (Å²) < 4.78 is 0. The van der Waals surface area contributed by atoms with Gasteiger partial charge in [-0.25, -0.2) is 0 Å². The number of ketones is 1. The van der Waals surface area contributed by atoms with Gasteiger partial charge in [-0.2, -0.15) is 0 Å². The lowest BCUT2D eigenvalue weighted by molar-refractivity contribution is -0.120. The van der Waals surface area contributed by atoms with Crippen LogP contribution in [-0.4, -0.2) is 5.78 Å². The molecule has 0 atom stereocenters. The second-order valence-corrected chi connectivity index (χ2v) is 7.49. The second kappa shape index (κ2) is 3.94. The van der Waals surface area contributed by atoms with Crippen LogP contribution in [0.4, 0.5) is 0 Å². The Morgan fingerprint density at radius 3 is 2.12 bits per heavy atom. The highest BCUT2D eigenvalue weighted by Crippen LogP contribution is 2.68. The van der Waals surface area contributed by atoms with Gasteiger partial charge in [-0.1, -0.05) is 34.6 Å². The van der Waals surface area contributed by atoms with Gasteiger partial charge in [0.15, 0.2) is 0 Å². The fraction of sp³-hybridized carbons (Fsp3) is 0.667. The highest BCUT2D eigenvalue weighted by Gasteiger charge is 2.67. The lowest BCUT2D eigenvalue weighted by Gasteiger charge is -2.03. The molecule has 2 rings (SSSR count). The van der Waals surface area contributed by atoms with Gasteiger partial charge in [0.05, 0.1) is 0 Å². The summed E-state index contributed by atoms with van der Waals surface area (Å²) in [7, 11) is 0. The minimum absolute atomic E-state index is 0.176. The number of carbonyl (C=O) groups is 1. The molecule has 0 bridgehead atoms. The van der Waals surface area contributed by atoms with Gasteiger partial charge < -0.3 is 0 Å². The molecule has 0 spiro atoms. The van der Waals surface area contributed by atoms with Crippen LogP contribution in [0.5, 0.6) is 0 Å². The molecule has 0 aliphatic heterocycles. The molecule has 1 nitrogen and oxygen atoms in total. The number of hydrogen-bond donors (Lipinski definition) is 0. The topological polar surface area (TPSA) is 17.1 Å². The van der Waals surface area contributed by atoms with E-state index in [-0.39, 0.29) is 16.7 Å². The third-order valence-electron chi connectivity index (χ3n) is 4.76. The van der Waals surface area contributed by atoms with Crippen LogP contribution in [0.25, 0.3) is 0 Å². The molecule has 0 unspecified atom stereocenters. The normalized spacial score (nSPS) is 21.5. The van der Waals surface area contributed by atoms with Gasteiger partial charge in [0, 0.05) is 22.1 Å². The molecule has 1 aromatic rings. The highest BCUT2D eigenvalue weighted by molar-refractivity contribution is 7.12. The highest BCUT2D eigenvalue weighted by atomic mass is 32.1. The number of thiophene rings is 1. The van der Waals surface area contributed by atoms with Crippen LogP contribution in [0.1, 0.15) is 44.4 Å². The van der Waals surface area contributed by atoms with Gasteiger partial charge in [0.1, 0.15) is 5.78 Å². The van der Waals surface area contributed by atoms with Crippen LogP contribution < -0.4 is 0 Å². The SMILES string of the molecule is CCc1ccc(CC(=O)C2C(C)(C)C2(C)C)s1. The van der Waals surface area contributed by atoms with E-state index in [4.69, 9.17) is 0 Å². The van der Waals surface area contributed by atoms with Gasteiger partial charge in [-0.3, -0.25) is 4.79 Å². The maximum atomic E-state index is 12.3. The van der Waals surface area contributed by atoms with Crippen molar-refractivity contribution >= 4 is 17.1 Å². The van der Waals surface area contributed by atoms with E-state index in [1.807, 2.05) is 0 Å². The second-order valence-electron chi connectivity index (χ2n) is 6.24. The van der Waals surface area contributed by atoms with Crippen molar-refractivity contribution in [1.29, 1.82) is 0 Å². The zero-order chi connectivity index (χ0) is 12.8. The zero-order valence-electron chi connectivity index (χ0n) is 11.5. The average Bonchev–Trinajstić information content (AvgIpc) is 2.57. The maximum absolute atomic E-state index is 12.3. The predicted molar refractivity (Wildman–Crippen MR) is 73.5 cm³/mol. The first kappa shape index (κ1) is 12.8. The van der Waals surface area contributed by atoms with E-state index in [2.05, 4.69) is 46.8 Å². The van der Waals surface area contributed by atoms with Crippen LogP contribution in [0.2, 0.25) is 0 Å². The fourth-order valence-corrected chi connectivity index (χ4v) is 3.95. The van der Waals surface area contributed by atoms with E-state index >= 15 is 0 Å². The lowest BCUT2D eigenvalue weighted by atomic mass is 10.0. The molecule has 94 valence electrons. The molecular formula is C15H22OS. The molecular weight excluding hydrogens is 228 g/mol. The van der Waals surface area contributed by atoms with Crippen molar-refractivity contribution in [2.24, 2.45) is 16.7 Å². The summed E-state index contributed by atoms with van der Waals surface area (Å²) in [6, 6.07) is 4.26. The fourth-order valence-electron chi connectivity index (χ4n) is 2.98. The van der Waals surface area contributed by atoms with Gasteiger partial charge in [0.2, 0.25) is 0 Å². The number of hydrogen-bond acceptors (Lipinski definition) is 2. The molecule has 0 aromatic carbocycles. The quantitative estimate of drug-likeness (QED) is 0.786. The van der Waals surface area contributed by atoms with Crippen molar-refractivity contribution in [3.05, 3.63) is 21.9 Å². The summed E-state index contributed by atoms with van der Waals surface area (Å²) >= 11 is 1.79. The molecule has 0 amide bonds. The minimum atomic E-state index is 0.176. The Morgan fingerprint density at radius 1 is 1.18 bits per heavy atom. The Hall–Kier alpha value is -0.630. The van der Waals surface area contributed by atoms with E-state index in [0.717, 1.165) is 6.42 Å². The summed E-state index contributed by atoms with van der Waals surface area (Å²) in [6.45, 7) is 11.0. The molecule has 1 aliphatic carbocycles. The molecule has 1 fully saturated rings. The Kier molecular flexibility index (Phi) is 2.97. The number of rotatable bonds is 4. The van der Waals surface area contributed by atoms with Gasteiger partial charge in [-0.15, -0.1) is 11.3 Å². The first-order chi connectivity index (χ1) is 7.80. The molecule has 1 aromatic heterocycles. The Bertz CT molecular complexity index is 426. The molecule has 17 heavy (non-hydrogen) atoms. The van der Waals surface area contributed by atoms with Crippen LogP contribution in [0, 0.1) is 16.7 Å². The van der Waals surface area contributed by atoms with Gasteiger partial charge in [-0.05, 0) is 29.4 Å². The van der Waals surface area contributed by atoms with E-state index in [1.165, 1.54) is 9.75 Å². The zero-order valence-corrected chi connectivity index (χ0v) is 12.3. The Morgan fingerprint density at radius 2 is 1.71 bits per heavy atom. The number of aryl methyl sites for hydroxylation is 1. The molecule has 1 heterocycles. The summed E-state index contributed by atoms with van der Waals surface area (Å²) in [4.78, 5) is 14.9. The molecule has 1 saturated carbocycles. The summed E-state index contributed by atoms with van der Waals surface area (Å²) in [5.41, 5.74) is 0.351. The van der Waals surface area contributed by atoms with E-state index < -0.39 is 0 Å². The van der Waals surface area contributed by atoms with Crippen LogP contribution in [0.15, 0.2) is 12.1 Å². The van der Waals surface area contributed by atoms with Crippen molar-refractivity contribution in [3.8, 4) is 0 Å². The Labute approximate surface area is 108 Å². The predicted octanol–water partition coefficient (Wildman–Crippen LogP) is 4.10. The van der Waals surface area contributed by atoms with Crippen molar-refractivity contribution in [1.82, 2.24) is 0 Å². The maximum Gasteiger partial charge on any atom is 0.142 e. The summed E-state index contributed by atoms with van der Waals surface area (Å²) in [5.74, 6) is 0.659. The summed E-state index contributed by atoms with van der Waals surface area (Å²) in [6.07, 6.45) is 1.70. The monoisotopic (exact) mass is 250 g/mol. The van der Waals surface area contributed by atoms with Gasteiger partial charge >= 0.3 is 0 Å². The number of Topliss-reactive ketones (excluding diaryl/α,β-unsaturated/α-hetero) is 1. The lowest BCUT2D eigenvalue weighted by Crippen LogP contribution is -2.09. The van der Waals surface area contributed by atoms with Crippen LogP contribution in [0.3, 0.4) is 0 Å². The third-order valence-corrected chi connectivity index (χ3v) is 5.99. The van der Waals surface area contributed by atoms with Crippen molar-refractivity contribution in [2.75, 3.05) is 0 Å². The van der Waals surface area contributed by atoms with E-state index in [1.54, 1.807) is 11.3 Å². The van der Waals surface area contributed by atoms with E-state index in [0.29, 0.717) is 12.2 Å². The smallest absolute Gasteiger partial charge is 0.142 e. The molecule has 0 radical (unpaired) electrons. The standard InChI is InChI=1S/C15H22OS/c1-6-10-7-8-11(17-10)9-12(16)13-14(2,3)15(13,4)5/h7-8,13H,6,9H2,1-5H3. The summed E-state index contributed by atoms with van der Waals surface area (Å²) in [5, 5.41) is 0. The third kappa shape index (κ3) is 1.97. The largest absolute Gasteiger partial charge is 0.299 e. The Balaban J connectivity index is 2.04. The minimum Gasteiger partial charge on any atom is -0.299 e. The van der Waals surface area contributed by atoms with Crippen molar-refractivity contribution in [2.45, 2.75) is 47.5 Å². The molecule has 0 saturated heterocycles. The average molecular weight is 250 g/mol. The van der Waals surface area contributed by atoms with E-state index in [9.17, 15) is 4.79 Å². The molecule has 2 heteroatoms.